The van der Waals surface area contributed by atoms with Gasteiger partial charge in [-0.05, 0) is 29.3 Å². The number of carbonyl (C=O) groups is 2. The number of morpholine rings is 1. The number of ether oxygens (including phenoxy) is 2. The van der Waals surface area contributed by atoms with Crippen molar-refractivity contribution in [2.24, 2.45) is 0 Å². The Morgan fingerprint density at radius 1 is 1.06 bits per heavy atom. The lowest BCUT2D eigenvalue weighted by atomic mass is 9.86. The SMILES string of the molecule is COc1cccc([C@H]2c3[nH]c4ccccc4c3C[C@H]3C(=O)N(CCN4CCOCC4)CC(=O)N23)c1. The van der Waals surface area contributed by atoms with Gasteiger partial charge in [-0.1, -0.05) is 30.3 Å². The second-order valence-electron chi connectivity index (χ2n) is 9.48. The van der Waals surface area contributed by atoms with Crippen molar-refractivity contribution in [1.82, 2.24) is 19.7 Å². The van der Waals surface area contributed by atoms with E-state index in [0.717, 1.165) is 66.3 Å². The van der Waals surface area contributed by atoms with Gasteiger partial charge in [0.1, 0.15) is 11.8 Å². The van der Waals surface area contributed by atoms with Gasteiger partial charge in [-0.2, -0.15) is 0 Å². The quantitative estimate of drug-likeness (QED) is 0.614. The lowest BCUT2D eigenvalue weighted by molar-refractivity contribution is -0.158. The van der Waals surface area contributed by atoms with Crippen molar-refractivity contribution in [3.05, 3.63) is 65.4 Å². The number of hydrogen-bond donors (Lipinski definition) is 1. The lowest BCUT2D eigenvalue weighted by Gasteiger charge is -2.47. The molecule has 182 valence electrons. The van der Waals surface area contributed by atoms with Crippen molar-refractivity contribution in [3.63, 3.8) is 0 Å². The summed E-state index contributed by atoms with van der Waals surface area (Å²) < 4.78 is 10.9. The number of H-pyrrole nitrogens is 1. The number of nitrogens with zero attached hydrogens (tertiary/aromatic N) is 3. The standard InChI is InChI=1S/C27H30N4O4/c1-34-19-6-4-5-18(15-19)26-25-21(20-7-2-3-8-22(20)28-25)16-23-27(33)30(17-24(32)31(23)26)10-9-29-11-13-35-14-12-29/h2-8,15,23,26,28H,9-14,16-17H2,1H3/t23-,26-/m0/s1. The zero-order valence-corrected chi connectivity index (χ0v) is 19.9. The smallest absolute Gasteiger partial charge is 0.246 e. The van der Waals surface area contributed by atoms with Crippen molar-refractivity contribution in [2.75, 3.05) is 53.0 Å². The summed E-state index contributed by atoms with van der Waals surface area (Å²) in [6.45, 7) is 4.58. The van der Waals surface area contributed by atoms with E-state index in [2.05, 4.69) is 16.0 Å². The summed E-state index contributed by atoms with van der Waals surface area (Å²) in [7, 11) is 1.64. The fraction of sp³-hybridized carbons (Fsp3) is 0.407. The Balaban J connectivity index is 1.38. The summed E-state index contributed by atoms with van der Waals surface area (Å²) in [5, 5.41) is 1.11. The molecule has 2 atom stereocenters. The van der Waals surface area contributed by atoms with Crippen LogP contribution in [-0.4, -0.2) is 90.6 Å². The number of methoxy groups -OCH3 is 1. The van der Waals surface area contributed by atoms with E-state index < -0.39 is 6.04 Å². The maximum atomic E-state index is 13.8. The minimum absolute atomic E-state index is 0.0197. The first kappa shape index (κ1) is 22.1. The third kappa shape index (κ3) is 3.86. The molecule has 0 bridgehead atoms. The number of fused-ring (bicyclic) bond motifs is 4. The van der Waals surface area contributed by atoms with Gasteiger partial charge < -0.3 is 24.3 Å². The van der Waals surface area contributed by atoms with Crippen molar-refractivity contribution in [3.8, 4) is 5.75 Å². The number of carbonyl (C=O) groups excluding carboxylic acids is 2. The highest BCUT2D eigenvalue weighted by molar-refractivity contribution is 5.97. The monoisotopic (exact) mass is 474 g/mol. The van der Waals surface area contributed by atoms with Crippen molar-refractivity contribution < 1.29 is 19.1 Å². The maximum absolute atomic E-state index is 13.8. The predicted octanol–water partition coefficient (Wildman–Crippen LogP) is 2.19. The van der Waals surface area contributed by atoms with E-state index in [-0.39, 0.29) is 24.4 Å². The molecule has 6 rings (SSSR count). The largest absolute Gasteiger partial charge is 0.497 e. The van der Waals surface area contributed by atoms with Crippen LogP contribution in [-0.2, 0) is 20.7 Å². The minimum atomic E-state index is -0.524. The number of nitrogens with one attached hydrogen (secondary N) is 1. The van der Waals surface area contributed by atoms with Crippen LogP contribution in [0.4, 0.5) is 0 Å². The van der Waals surface area contributed by atoms with Gasteiger partial charge >= 0.3 is 0 Å². The number of aromatic nitrogens is 1. The lowest BCUT2D eigenvalue weighted by Crippen LogP contribution is -2.63. The Kier molecular flexibility index (Phi) is 5.70. The van der Waals surface area contributed by atoms with Crippen LogP contribution in [0.15, 0.2) is 48.5 Å². The Morgan fingerprint density at radius 3 is 2.71 bits per heavy atom. The zero-order valence-electron chi connectivity index (χ0n) is 19.9. The average molecular weight is 475 g/mol. The molecule has 2 fully saturated rings. The number of rotatable bonds is 5. The Morgan fingerprint density at radius 2 is 1.89 bits per heavy atom. The first-order chi connectivity index (χ1) is 17.1. The third-order valence-electron chi connectivity index (χ3n) is 7.54. The Labute approximate surface area is 204 Å². The van der Waals surface area contributed by atoms with Gasteiger partial charge in [-0.25, -0.2) is 0 Å². The highest BCUT2D eigenvalue weighted by Gasteiger charge is 2.48. The van der Waals surface area contributed by atoms with E-state index in [1.807, 2.05) is 42.5 Å². The summed E-state index contributed by atoms with van der Waals surface area (Å²) in [6.07, 6.45) is 0.512. The molecule has 0 spiro atoms. The van der Waals surface area contributed by atoms with Crippen molar-refractivity contribution in [2.45, 2.75) is 18.5 Å². The Bertz CT molecular complexity index is 1270. The maximum Gasteiger partial charge on any atom is 0.246 e. The summed E-state index contributed by atoms with van der Waals surface area (Å²) in [5.74, 6) is 0.737. The van der Waals surface area contributed by atoms with Gasteiger partial charge in [0.2, 0.25) is 11.8 Å². The summed E-state index contributed by atoms with van der Waals surface area (Å²) >= 11 is 0. The number of amides is 2. The molecule has 35 heavy (non-hydrogen) atoms. The van der Waals surface area contributed by atoms with E-state index in [0.29, 0.717) is 13.0 Å². The molecule has 3 aliphatic rings. The van der Waals surface area contributed by atoms with Crippen molar-refractivity contribution >= 4 is 22.7 Å². The topological polar surface area (TPSA) is 78.1 Å². The molecule has 3 aliphatic heterocycles. The van der Waals surface area contributed by atoms with Gasteiger partial charge in [0, 0.05) is 49.2 Å². The summed E-state index contributed by atoms with van der Waals surface area (Å²) in [6, 6.07) is 15.1. The van der Waals surface area contributed by atoms with Crippen LogP contribution >= 0.6 is 0 Å². The highest BCUT2D eigenvalue weighted by atomic mass is 16.5. The first-order valence-corrected chi connectivity index (χ1v) is 12.3. The second-order valence-corrected chi connectivity index (χ2v) is 9.48. The van der Waals surface area contributed by atoms with Gasteiger partial charge in [-0.3, -0.25) is 14.5 Å². The molecule has 8 nitrogen and oxygen atoms in total. The molecule has 2 aromatic carbocycles. The number of piperazine rings is 1. The van der Waals surface area contributed by atoms with E-state index in [4.69, 9.17) is 9.47 Å². The number of hydrogen-bond acceptors (Lipinski definition) is 5. The summed E-state index contributed by atoms with van der Waals surface area (Å²) in [4.78, 5) is 36.9. The fourth-order valence-corrected chi connectivity index (χ4v) is 5.76. The van der Waals surface area contributed by atoms with Crippen LogP contribution in [0, 0.1) is 0 Å². The molecule has 2 saturated heterocycles. The predicted molar refractivity (Wildman–Crippen MR) is 131 cm³/mol. The average Bonchev–Trinajstić information content (AvgIpc) is 3.27. The third-order valence-corrected chi connectivity index (χ3v) is 7.54. The molecular formula is C27H30N4O4. The number of benzene rings is 2. The van der Waals surface area contributed by atoms with Crippen molar-refractivity contribution in [1.29, 1.82) is 0 Å². The first-order valence-electron chi connectivity index (χ1n) is 12.3. The second kappa shape index (κ2) is 9.02. The molecule has 0 aliphatic carbocycles. The molecule has 0 radical (unpaired) electrons. The van der Waals surface area contributed by atoms with E-state index >= 15 is 0 Å². The molecular weight excluding hydrogens is 444 g/mol. The van der Waals surface area contributed by atoms with Gasteiger partial charge in [0.15, 0.2) is 0 Å². The summed E-state index contributed by atoms with van der Waals surface area (Å²) in [5.41, 5.74) is 4.06. The molecule has 8 heteroatoms. The zero-order chi connectivity index (χ0) is 23.9. The van der Waals surface area contributed by atoms with Gasteiger partial charge in [-0.15, -0.1) is 0 Å². The van der Waals surface area contributed by atoms with Crippen LogP contribution in [0.1, 0.15) is 22.9 Å². The van der Waals surface area contributed by atoms with Crippen LogP contribution < -0.4 is 4.74 Å². The Hall–Kier alpha value is -3.36. The minimum Gasteiger partial charge on any atom is -0.497 e. The molecule has 0 unspecified atom stereocenters. The van der Waals surface area contributed by atoms with Crippen LogP contribution in [0.5, 0.6) is 5.75 Å². The van der Waals surface area contributed by atoms with Crippen LogP contribution in [0.2, 0.25) is 0 Å². The molecule has 3 aromatic rings. The van der Waals surface area contributed by atoms with E-state index in [1.165, 1.54) is 0 Å². The number of aromatic amines is 1. The normalized spacial score (nSPS) is 22.9. The number of para-hydroxylation sites is 1. The van der Waals surface area contributed by atoms with Crippen LogP contribution in [0.25, 0.3) is 10.9 Å². The van der Waals surface area contributed by atoms with E-state index in [1.54, 1.807) is 16.9 Å². The van der Waals surface area contributed by atoms with E-state index in [9.17, 15) is 9.59 Å². The van der Waals surface area contributed by atoms with Crippen LogP contribution in [0.3, 0.4) is 0 Å². The molecule has 2 amide bonds. The molecule has 1 N–H and O–H groups in total. The highest BCUT2D eigenvalue weighted by Crippen LogP contribution is 2.43. The molecule has 4 heterocycles. The molecule has 1 aromatic heterocycles. The molecule has 0 saturated carbocycles. The fourth-order valence-electron chi connectivity index (χ4n) is 5.76. The van der Waals surface area contributed by atoms with Gasteiger partial charge in [0.05, 0.1) is 32.9 Å². The van der Waals surface area contributed by atoms with Gasteiger partial charge in [0.25, 0.3) is 0 Å².